The maximum absolute atomic E-state index is 11.6. The molecule has 4 heteroatoms. The van der Waals surface area contributed by atoms with Gasteiger partial charge in [0.25, 0.3) is 0 Å². The van der Waals surface area contributed by atoms with Gasteiger partial charge in [-0.3, -0.25) is 0 Å². The van der Waals surface area contributed by atoms with Crippen molar-refractivity contribution in [2.24, 2.45) is 0 Å². The van der Waals surface area contributed by atoms with Crippen LogP contribution in [0.25, 0.3) is 0 Å². The van der Waals surface area contributed by atoms with Gasteiger partial charge in [-0.05, 0) is 57.4 Å². The summed E-state index contributed by atoms with van der Waals surface area (Å²) in [5.41, 5.74) is 2.21. The number of hydrogen-bond donors (Lipinski definition) is 1. The van der Waals surface area contributed by atoms with Gasteiger partial charge >= 0.3 is 5.97 Å². The van der Waals surface area contributed by atoms with Crippen molar-refractivity contribution in [3.63, 3.8) is 0 Å². The summed E-state index contributed by atoms with van der Waals surface area (Å²) in [6, 6.07) is 7.96. The van der Waals surface area contributed by atoms with E-state index in [1.807, 2.05) is 26.0 Å². The Kier molecular flexibility index (Phi) is 5.27. The molecule has 1 aliphatic heterocycles. The Morgan fingerprint density at radius 3 is 2.50 bits per heavy atom. The number of piperidine rings is 1. The fraction of sp³-hybridized carbons (Fsp3) is 0.562. The Balaban J connectivity index is 1.92. The van der Waals surface area contributed by atoms with Crippen LogP contribution >= 0.6 is 0 Å². The van der Waals surface area contributed by atoms with Crippen molar-refractivity contribution in [3.05, 3.63) is 24.3 Å². The molecular weight excluding hydrogens is 252 g/mol. The number of ether oxygens (including phenoxy) is 1. The summed E-state index contributed by atoms with van der Waals surface area (Å²) < 4.78 is 4.99. The van der Waals surface area contributed by atoms with Crippen LogP contribution < -0.4 is 10.2 Å². The van der Waals surface area contributed by atoms with Gasteiger partial charge < -0.3 is 15.0 Å². The molecule has 1 atom stereocenters. The molecule has 0 saturated carbocycles. The molecule has 1 unspecified atom stereocenters. The van der Waals surface area contributed by atoms with E-state index >= 15 is 0 Å². The van der Waals surface area contributed by atoms with E-state index < -0.39 is 0 Å². The lowest BCUT2D eigenvalue weighted by molar-refractivity contribution is -0.143. The van der Waals surface area contributed by atoms with Gasteiger partial charge in [-0.1, -0.05) is 0 Å². The predicted molar refractivity (Wildman–Crippen MR) is 82.2 cm³/mol. The summed E-state index contributed by atoms with van der Waals surface area (Å²) >= 11 is 0. The number of anilines is 2. The van der Waals surface area contributed by atoms with Crippen LogP contribution in [0, 0.1) is 0 Å². The van der Waals surface area contributed by atoms with E-state index in [0.29, 0.717) is 6.61 Å². The third-order valence-corrected chi connectivity index (χ3v) is 3.61. The van der Waals surface area contributed by atoms with E-state index in [-0.39, 0.29) is 12.0 Å². The molecule has 1 N–H and O–H groups in total. The highest BCUT2D eigenvalue weighted by Crippen LogP contribution is 2.22. The number of carbonyl (C=O) groups is 1. The number of rotatable bonds is 5. The molecule has 1 aliphatic rings. The second kappa shape index (κ2) is 7.17. The Morgan fingerprint density at radius 2 is 1.90 bits per heavy atom. The number of carbonyl (C=O) groups excluding carboxylic acids is 1. The summed E-state index contributed by atoms with van der Waals surface area (Å²) in [5.74, 6) is -0.215. The number of esters is 1. The Bertz CT molecular complexity index is 425. The lowest BCUT2D eigenvalue weighted by Gasteiger charge is -2.29. The summed E-state index contributed by atoms with van der Waals surface area (Å²) in [6.07, 6.45) is 3.90. The first-order valence-corrected chi connectivity index (χ1v) is 7.49. The van der Waals surface area contributed by atoms with E-state index in [9.17, 15) is 4.79 Å². The second-order valence-electron chi connectivity index (χ2n) is 5.21. The van der Waals surface area contributed by atoms with Gasteiger partial charge in [-0.25, -0.2) is 4.79 Å². The van der Waals surface area contributed by atoms with Gasteiger partial charge in [0, 0.05) is 24.5 Å². The highest BCUT2D eigenvalue weighted by atomic mass is 16.5. The van der Waals surface area contributed by atoms with Crippen LogP contribution in [-0.4, -0.2) is 31.7 Å². The Hall–Kier alpha value is -1.71. The molecule has 1 aromatic rings. The minimum atomic E-state index is -0.323. The lowest BCUT2D eigenvalue weighted by atomic mass is 10.1. The van der Waals surface area contributed by atoms with Crippen LogP contribution in [0.1, 0.15) is 33.1 Å². The van der Waals surface area contributed by atoms with E-state index in [2.05, 4.69) is 22.3 Å². The Morgan fingerprint density at radius 1 is 1.25 bits per heavy atom. The van der Waals surface area contributed by atoms with Crippen LogP contribution in [0.15, 0.2) is 24.3 Å². The quantitative estimate of drug-likeness (QED) is 0.839. The molecule has 0 spiro atoms. The lowest BCUT2D eigenvalue weighted by Crippen LogP contribution is -2.29. The number of hydrogen-bond acceptors (Lipinski definition) is 4. The van der Waals surface area contributed by atoms with Gasteiger partial charge in [0.2, 0.25) is 0 Å². The van der Waals surface area contributed by atoms with E-state index in [1.54, 1.807) is 0 Å². The number of nitrogens with one attached hydrogen (secondary N) is 1. The minimum absolute atomic E-state index is 0.215. The molecule has 0 aliphatic carbocycles. The van der Waals surface area contributed by atoms with Crippen molar-refractivity contribution < 1.29 is 9.53 Å². The van der Waals surface area contributed by atoms with Crippen LogP contribution in [0.2, 0.25) is 0 Å². The van der Waals surface area contributed by atoms with Crippen molar-refractivity contribution in [3.8, 4) is 0 Å². The topological polar surface area (TPSA) is 41.6 Å². The number of benzene rings is 1. The maximum Gasteiger partial charge on any atom is 0.328 e. The summed E-state index contributed by atoms with van der Waals surface area (Å²) in [4.78, 5) is 14.0. The third-order valence-electron chi connectivity index (χ3n) is 3.61. The summed E-state index contributed by atoms with van der Waals surface area (Å²) in [5, 5.41) is 3.16. The second-order valence-corrected chi connectivity index (χ2v) is 5.21. The van der Waals surface area contributed by atoms with E-state index in [0.717, 1.165) is 18.8 Å². The molecule has 1 aromatic carbocycles. The zero-order valence-corrected chi connectivity index (χ0v) is 12.4. The molecule has 20 heavy (non-hydrogen) atoms. The molecule has 1 fully saturated rings. The first-order chi connectivity index (χ1) is 9.70. The van der Waals surface area contributed by atoms with Crippen LogP contribution in [0.5, 0.6) is 0 Å². The van der Waals surface area contributed by atoms with Gasteiger partial charge in [0.1, 0.15) is 6.04 Å². The minimum Gasteiger partial charge on any atom is -0.464 e. The van der Waals surface area contributed by atoms with E-state index in [1.165, 1.54) is 24.9 Å². The van der Waals surface area contributed by atoms with Crippen molar-refractivity contribution in [1.82, 2.24) is 0 Å². The van der Waals surface area contributed by atoms with Gasteiger partial charge in [-0.2, -0.15) is 0 Å². The highest BCUT2D eigenvalue weighted by Gasteiger charge is 2.14. The molecule has 2 rings (SSSR count). The van der Waals surface area contributed by atoms with Crippen molar-refractivity contribution in [2.75, 3.05) is 29.9 Å². The molecule has 0 amide bonds. The molecule has 1 heterocycles. The molecule has 0 aromatic heterocycles. The van der Waals surface area contributed by atoms with Gasteiger partial charge in [0.15, 0.2) is 0 Å². The van der Waals surface area contributed by atoms with Crippen LogP contribution in [-0.2, 0) is 9.53 Å². The largest absolute Gasteiger partial charge is 0.464 e. The predicted octanol–water partition coefficient (Wildman–Crippen LogP) is 3.04. The first kappa shape index (κ1) is 14.7. The summed E-state index contributed by atoms with van der Waals surface area (Å²) in [7, 11) is 0. The molecule has 4 nitrogen and oxygen atoms in total. The molecule has 0 radical (unpaired) electrons. The average molecular weight is 276 g/mol. The summed E-state index contributed by atoms with van der Waals surface area (Å²) in [6.45, 7) is 6.34. The average Bonchev–Trinajstić information content (AvgIpc) is 2.49. The molecule has 1 saturated heterocycles. The normalized spacial score (nSPS) is 16.6. The van der Waals surface area contributed by atoms with Crippen molar-refractivity contribution >= 4 is 17.3 Å². The SMILES string of the molecule is CCOC(=O)C(C)Nc1ccc(N2CCCCC2)cc1. The van der Waals surface area contributed by atoms with E-state index in [4.69, 9.17) is 4.74 Å². The van der Waals surface area contributed by atoms with Gasteiger partial charge in [0.05, 0.1) is 6.61 Å². The van der Waals surface area contributed by atoms with Crippen LogP contribution in [0.3, 0.4) is 0 Å². The zero-order chi connectivity index (χ0) is 14.4. The molecular formula is C16H24N2O2. The van der Waals surface area contributed by atoms with Crippen LogP contribution in [0.4, 0.5) is 11.4 Å². The smallest absolute Gasteiger partial charge is 0.328 e. The monoisotopic (exact) mass is 276 g/mol. The zero-order valence-electron chi connectivity index (χ0n) is 12.4. The standard InChI is InChI=1S/C16H24N2O2/c1-3-20-16(19)13(2)17-14-7-9-15(10-8-14)18-11-5-4-6-12-18/h7-10,13,17H,3-6,11-12H2,1-2H3. The van der Waals surface area contributed by atoms with Crippen molar-refractivity contribution in [1.29, 1.82) is 0 Å². The third kappa shape index (κ3) is 3.89. The highest BCUT2D eigenvalue weighted by molar-refractivity contribution is 5.78. The van der Waals surface area contributed by atoms with Gasteiger partial charge in [-0.15, -0.1) is 0 Å². The first-order valence-electron chi connectivity index (χ1n) is 7.49. The molecule has 0 bridgehead atoms. The van der Waals surface area contributed by atoms with Crippen molar-refractivity contribution in [2.45, 2.75) is 39.2 Å². The Labute approximate surface area is 121 Å². The molecule has 110 valence electrons. The number of nitrogens with zero attached hydrogens (tertiary/aromatic N) is 1. The maximum atomic E-state index is 11.6. The fourth-order valence-electron chi connectivity index (χ4n) is 2.50. The fourth-order valence-corrected chi connectivity index (χ4v) is 2.50.